The highest BCUT2D eigenvalue weighted by atomic mass is 16.3. The lowest BCUT2D eigenvalue weighted by Crippen LogP contribution is -2.53. The largest absolute Gasteiger partial charge is 0.395 e. The SMILES string of the molecule is CC(C)N1CCC(N2CCN(CCO)CC2)C1=O. The van der Waals surface area contributed by atoms with Crippen LogP contribution in [-0.2, 0) is 4.79 Å². The Morgan fingerprint density at radius 2 is 1.89 bits per heavy atom. The van der Waals surface area contributed by atoms with Crippen molar-refractivity contribution in [3.8, 4) is 0 Å². The molecule has 0 aromatic carbocycles. The maximum Gasteiger partial charge on any atom is 0.240 e. The third-order valence-corrected chi connectivity index (χ3v) is 4.10. The van der Waals surface area contributed by atoms with E-state index in [-0.39, 0.29) is 12.6 Å². The molecule has 2 rings (SSSR count). The molecule has 0 radical (unpaired) electrons. The molecule has 2 aliphatic rings. The van der Waals surface area contributed by atoms with Gasteiger partial charge < -0.3 is 10.0 Å². The number of hydrogen-bond acceptors (Lipinski definition) is 4. The first-order valence-electron chi connectivity index (χ1n) is 7.01. The third-order valence-electron chi connectivity index (χ3n) is 4.10. The van der Waals surface area contributed by atoms with E-state index >= 15 is 0 Å². The molecule has 5 nitrogen and oxygen atoms in total. The zero-order chi connectivity index (χ0) is 13.1. The molecule has 0 saturated carbocycles. The monoisotopic (exact) mass is 255 g/mol. The first-order valence-corrected chi connectivity index (χ1v) is 7.01. The summed E-state index contributed by atoms with van der Waals surface area (Å²) in [6.07, 6.45) is 0.969. The second-order valence-electron chi connectivity index (χ2n) is 5.53. The van der Waals surface area contributed by atoms with Crippen molar-refractivity contribution >= 4 is 5.91 Å². The van der Waals surface area contributed by atoms with E-state index in [9.17, 15) is 4.79 Å². The van der Waals surface area contributed by atoms with Crippen molar-refractivity contribution in [2.45, 2.75) is 32.4 Å². The van der Waals surface area contributed by atoms with E-state index in [1.54, 1.807) is 0 Å². The lowest BCUT2D eigenvalue weighted by atomic mass is 10.2. The van der Waals surface area contributed by atoms with Crippen LogP contribution in [0.15, 0.2) is 0 Å². The van der Waals surface area contributed by atoms with Gasteiger partial charge in [-0.15, -0.1) is 0 Å². The maximum atomic E-state index is 12.3. The fourth-order valence-electron chi connectivity index (χ4n) is 2.98. The molecule has 1 N–H and O–H groups in total. The van der Waals surface area contributed by atoms with E-state index in [0.717, 1.165) is 45.7 Å². The van der Waals surface area contributed by atoms with E-state index in [1.807, 2.05) is 4.90 Å². The number of hydrogen-bond donors (Lipinski definition) is 1. The van der Waals surface area contributed by atoms with Gasteiger partial charge in [-0.1, -0.05) is 0 Å². The average molecular weight is 255 g/mol. The van der Waals surface area contributed by atoms with Gasteiger partial charge in [0.15, 0.2) is 0 Å². The van der Waals surface area contributed by atoms with Gasteiger partial charge in [-0.05, 0) is 20.3 Å². The zero-order valence-corrected chi connectivity index (χ0v) is 11.5. The Morgan fingerprint density at radius 1 is 1.22 bits per heavy atom. The van der Waals surface area contributed by atoms with Crippen LogP contribution in [0.2, 0.25) is 0 Å². The van der Waals surface area contributed by atoms with Gasteiger partial charge in [0.05, 0.1) is 12.6 Å². The number of rotatable bonds is 4. The molecular weight excluding hydrogens is 230 g/mol. The highest BCUT2D eigenvalue weighted by molar-refractivity contribution is 5.84. The molecule has 0 spiro atoms. The van der Waals surface area contributed by atoms with Gasteiger partial charge in [0, 0.05) is 45.3 Å². The first kappa shape index (κ1) is 13.8. The summed E-state index contributed by atoms with van der Waals surface area (Å²) >= 11 is 0. The van der Waals surface area contributed by atoms with Crippen molar-refractivity contribution in [1.82, 2.24) is 14.7 Å². The van der Waals surface area contributed by atoms with Crippen molar-refractivity contribution in [3.63, 3.8) is 0 Å². The van der Waals surface area contributed by atoms with Crippen molar-refractivity contribution in [3.05, 3.63) is 0 Å². The summed E-state index contributed by atoms with van der Waals surface area (Å²) in [6.45, 7) is 9.87. The summed E-state index contributed by atoms with van der Waals surface area (Å²) < 4.78 is 0. The number of likely N-dealkylation sites (tertiary alicyclic amines) is 1. The number of amides is 1. The van der Waals surface area contributed by atoms with Gasteiger partial charge in [-0.3, -0.25) is 14.6 Å². The second-order valence-corrected chi connectivity index (χ2v) is 5.53. The van der Waals surface area contributed by atoms with Gasteiger partial charge in [0.1, 0.15) is 0 Å². The van der Waals surface area contributed by atoms with Crippen molar-refractivity contribution in [2.75, 3.05) is 45.9 Å². The Kier molecular flexibility index (Phi) is 4.59. The molecule has 0 aromatic rings. The Morgan fingerprint density at radius 3 is 2.39 bits per heavy atom. The topological polar surface area (TPSA) is 47.0 Å². The molecule has 2 aliphatic heterocycles. The number of carbonyl (C=O) groups is 1. The number of nitrogens with zero attached hydrogens (tertiary/aromatic N) is 3. The standard InChI is InChI=1S/C13H25N3O2/c1-11(2)16-4-3-12(13(16)18)15-7-5-14(6-8-15)9-10-17/h11-12,17H,3-10H2,1-2H3. The predicted octanol–water partition coefficient (Wildman–Crippen LogP) is -0.394. The predicted molar refractivity (Wildman–Crippen MR) is 70.4 cm³/mol. The summed E-state index contributed by atoms with van der Waals surface area (Å²) in [5.74, 6) is 0.306. The van der Waals surface area contributed by atoms with Crippen molar-refractivity contribution in [2.24, 2.45) is 0 Å². The number of carbonyl (C=O) groups excluding carboxylic acids is 1. The Hall–Kier alpha value is -0.650. The molecule has 0 bridgehead atoms. The van der Waals surface area contributed by atoms with E-state index < -0.39 is 0 Å². The van der Waals surface area contributed by atoms with E-state index in [1.165, 1.54) is 0 Å². The minimum absolute atomic E-state index is 0.101. The van der Waals surface area contributed by atoms with E-state index in [2.05, 4.69) is 23.6 Å². The lowest BCUT2D eigenvalue weighted by molar-refractivity contribution is -0.134. The van der Waals surface area contributed by atoms with E-state index in [0.29, 0.717) is 11.9 Å². The Bertz CT molecular complexity index is 288. The van der Waals surface area contributed by atoms with Crippen molar-refractivity contribution in [1.29, 1.82) is 0 Å². The molecule has 5 heteroatoms. The normalized spacial score (nSPS) is 27.4. The molecule has 2 fully saturated rings. The van der Waals surface area contributed by atoms with Crippen LogP contribution in [0.3, 0.4) is 0 Å². The highest BCUT2D eigenvalue weighted by Crippen LogP contribution is 2.20. The van der Waals surface area contributed by atoms with Crippen LogP contribution >= 0.6 is 0 Å². The Labute approximate surface area is 109 Å². The summed E-state index contributed by atoms with van der Waals surface area (Å²) in [5, 5.41) is 8.92. The fraction of sp³-hybridized carbons (Fsp3) is 0.923. The molecular formula is C13H25N3O2. The zero-order valence-electron chi connectivity index (χ0n) is 11.5. The number of aliphatic hydroxyl groups is 1. The Balaban J connectivity index is 1.85. The van der Waals surface area contributed by atoms with Crippen LogP contribution in [0.4, 0.5) is 0 Å². The van der Waals surface area contributed by atoms with Crippen LogP contribution in [0.5, 0.6) is 0 Å². The molecule has 1 amide bonds. The average Bonchev–Trinajstić information content (AvgIpc) is 2.73. The highest BCUT2D eigenvalue weighted by Gasteiger charge is 2.37. The smallest absolute Gasteiger partial charge is 0.240 e. The number of β-amino-alcohol motifs (C(OH)–C–C–N with tert-alkyl or cyclic N) is 1. The summed E-state index contributed by atoms with van der Waals surface area (Å²) in [7, 11) is 0. The quantitative estimate of drug-likeness (QED) is 0.743. The summed E-state index contributed by atoms with van der Waals surface area (Å²) in [6, 6.07) is 0.418. The van der Waals surface area contributed by atoms with Crippen LogP contribution in [0.1, 0.15) is 20.3 Å². The molecule has 2 saturated heterocycles. The second kappa shape index (κ2) is 5.99. The van der Waals surface area contributed by atoms with Crippen molar-refractivity contribution < 1.29 is 9.90 Å². The first-order chi connectivity index (χ1) is 8.63. The molecule has 1 unspecified atom stereocenters. The third kappa shape index (κ3) is 2.84. The number of aliphatic hydroxyl groups excluding tert-OH is 1. The van der Waals surface area contributed by atoms with Gasteiger partial charge >= 0.3 is 0 Å². The van der Waals surface area contributed by atoms with Gasteiger partial charge in [0.25, 0.3) is 0 Å². The van der Waals surface area contributed by atoms with Crippen LogP contribution < -0.4 is 0 Å². The fourth-order valence-corrected chi connectivity index (χ4v) is 2.98. The molecule has 0 aromatic heterocycles. The molecule has 0 aliphatic carbocycles. The minimum Gasteiger partial charge on any atom is -0.395 e. The molecule has 104 valence electrons. The van der Waals surface area contributed by atoms with Gasteiger partial charge in [0.2, 0.25) is 5.91 Å². The molecule has 1 atom stereocenters. The summed E-state index contributed by atoms with van der Waals surface area (Å²) in [4.78, 5) is 18.9. The lowest BCUT2D eigenvalue weighted by Gasteiger charge is -2.37. The van der Waals surface area contributed by atoms with E-state index in [4.69, 9.17) is 5.11 Å². The number of piperazine rings is 1. The summed E-state index contributed by atoms with van der Waals surface area (Å²) in [5.41, 5.74) is 0. The maximum absolute atomic E-state index is 12.3. The molecule has 18 heavy (non-hydrogen) atoms. The van der Waals surface area contributed by atoms with Crippen LogP contribution in [-0.4, -0.2) is 83.7 Å². The molecule has 2 heterocycles. The van der Waals surface area contributed by atoms with Crippen LogP contribution in [0.25, 0.3) is 0 Å². The van der Waals surface area contributed by atoms with Gasteiger partial charge in [-0.25, -0.2) is 0 Å². The minimum atomic E-state index is 0.101. The van der Waals surface area contributed by atoms with Crippen LogP contribution in [0, 0.1) is 0 Å². The van der Waals surface area contributed by atoms with Gasteiger partial charge in [-0.2, -0.15) is 0 Å².